The highest BCUT2D eigenvalue weighted by Gasteiger charge is 2.22. The van der Waals surface area contributed by atoms with Gasteiger partial charge in [0.25, 0.3) is 0 Å². The molecule has 2 unspecified atom stereocenters. The lowest BCUT2D eigenvalue weighted by atomic mass is 9.85. The summed E-state index contributed by atoms with van der Waals surface area (Å²) in [6, 6.07) is 3.70. The third kappa shape index (κ3) is 3.43. The van der Waals surface area contributed by atoms with E-state index in [9.17, 15) is 0 Å². The van der Waals surface area contributed by atoms with Gasteiger partial charge in [-0.25, -0.2) is 0 Å². The van der Waals surface area contributed by atoms with Gasteiger partial charge in [-0.3, -0.25) is 4.98 Å². The summed E-state index contributed by atoms with van der Waals surface area (Å²) in [6.45, 7) is 2.23. The van der Waals surface area contributed by atoms with Crippen molar-refractivity contribution in [2.24, 2.45) is 5.92 Å². The minimum atomic E-state index is -0.0283. The Kier molecular flexibility index (Phi) is 4.37. The van der Waals surface area contributed by atoms with Crippen LogP contribution in [0.2, 0.25) is 0 Å². The number of aliphatic hydroxyl groups is 1. The summed E-state index contributed by atoms with van der Waals surface area (Å²) in [7, 11) is 0. The van der Waals surface area contributed by atoms with Crippen LogP contribution < -0.4 is 4.74 Å². The number of pyridine rings is 1. The highest BCUT2D eigenvalue weighted by Crippen LogP contribution is 2.29. The number of rotatable bonds is 4. The molecule has 1 heterocycles. The van der Waals surface area contributed by atoms with Crippen LogP contribution in [-0.2, 0) is 6.61 Å². The van der Waals surface area contributed by atoms with Crippen LogP contribution in [0.25, 0.3) is 0 Å². The van der Waals surface area contributed by atoms with Crippen molar-refractivity contribution in [3.05, 3.63) is 24.0 Å². The zero-order valence-corrected chi connectivity index (χ0v) is 10.4. The summed E-state index contributed by atoms with van der Waals surface area (Å²) < 4.78 is 5.98. The summed E-state index contributed by atoms with van der Waals surface area (Å²) in [5, 5.41) is 9.03. The third-order valence-electron chi connectivity index (χ3n) is 3.56. The molecule has 2 rings (SSSR count). The van der Waals surface area contributed by atoms with Crippen LogP contribution in [0.5, 0.6) is 5.75 Å². The molecule has 0 saturated heterocycles. The Hall–Kier alpha value is -1.09. The molecular weight excluding hydrogens is 214 g/mol. The maximum atomic E-state index is 9.03. The molecule has 2 atom stereocenters. The Morgan fingerprint density at radius 1 is 1.47 bits per heavy atom. The molecule has 0 aromatic carbocycles. The summed E-state index contributed by atoms with van der Waals surface area (Å²) in [6.07, 6.45) is 8.19. The van der Waals surface area contributed by atoms with Crippen molar-refractivity contribution in [1.82, 2.24) is 4.98 Å². The van der Waals surface area contributed by atoms with E-state index >= 15 is 0 Å². The molecule has 1 fully saturated rings. The van der Waals surface area contributed by atoms with Gasteiger partial charge in [0, 0.05) is 12.3 Å². The van der Waals surface area contributed by atoms with E-state index in [1.54, 1.807) is 6.20 Å². The van der Waals surface area contributed by atoms with E-state index in [0.29, 0.717) is 11.8 Å². The molecule has 1 aliphatic rings. The molecule has 1 aliphatic carbocycles. The van der Waals surface area contributed by atoms with Crippen molar-refractivity contribution in [2.45, 2.75) is 51.7 Å². The fourth-order valence-corrected chi connectivity index (χ4v) is 2.53. The normalized spacial score (nSPS) is 24.6. The van der Waals surface area contributed by atoms with Crippen molar-refractivity contribution >= 4 is 0 Å². The molecule has 0 amide bonds. The van der Waals surface area contributed by atoms with E-state index < -0.39 is 0 Å². The Morgan fingerprint density at radius 3 is 3.12 bits per heavy atom. The molecular formula is C14H21NO2. The van der Waals surface area contributed by atoms with Gasteiger partial charge < -0.3 is 9.84 Å². The van der Waals surface area contributed by atoms with E-state index in [2.05, 4.69) is 11.9 Å². The van der Waals surface area contributed by atoms with Crippen LogP contribution in [0, 0.1) is 5.92 Å². The van der Waals surface area contributed by atoms with Crippen molar-refractivity contribution in [3.8, 4) is 5.75 Å². The molecule has 1 N–H and O–H groups in total. The Bertz CT molecular complexity index is 354. The van der Waals surface area contributed by atoms with Crippen LogP contribution in [-0.4, -0.2) is 16.2 Å². The zero-order valence-electron chi connectivity index (χ0n) is 10.4. The quantitative estimate of drug-likeness (QED) is 0.872. The van der Waals surface area contributed by atoms with E-state index in [1.165, 1.54) is 19.3 Å². The molecule has 1 saturated carbocycles. The van der Waals surface area contributed by atoms with Crippen molar-refractivity contribution in [1.29, 1.82) is 0 Å². The number of hydrogen-bond acceptors (Lipinski definition) is 3. The number of ether oxygens (including phenoxy) is 1. The van der Waals surface area contributed by atoms with Gasteiger partial charge >= 0.3 is 0 Å². The number of aliphatic hydroxyl groups excluding tert-OH is 1. The second-order valence-electron chi connectivity index (χ2n) is 4.82. The molecule has 3 nitrogen and oxygen atoms in total. The molecule has 0 spiro atoms. The molecule has 0 aliphatic heterocycles. The van der Waals surface area contributed by atoms with Crippen molar-refractivity contribution in [2.75, 3.05) is 0 Å². The monoisotopic (exact) mass is 235 g/mol. The Balaban J connectivity index is 1.95. The Morgan fingerprint density at radius 2 is 2.35 bits per heavy atom. The van der Waals surface area contributed by atoms with Gasteiger partial charge in [0.2, 0.25) is 0 Å². The first-order valence-electron chi connectivity index (χ1n) is 6.54. The highest BCUT2D eigenvalue weighted by molar-refractivity contribution is 5.22. The first-order valence-corrected chi connectivity index (χ1v) is 6.54. The minimum absolute atomic E-state index is 0.0283. The lowest BCUT2D eigenvalue weighted by molar-refractivity contribution is 0.121. The van der Waals surface area contributed by atoms with E-state index in [-0.39, 0.29) is 6.61 Å². The van der Waals surface area contributed by atoms with Crippen LogP contribution >= 0.6 is 0 Å². The summed E-state index contributed by atoms with van der Waals surface area (Å²) in [4.78, 5) is 4.05. The van der Waals surface area contributed by atoms with Crippen molar-refractivity contribution < 1.29 is 9.84 Å². The lowest BCUT2D eigenvalue weighted by Crippen LogP contribution is -2.25. The third-order valence-corrected chi connectivity index (χ3v) is 3.56. The minimum Gasteiger partial charge on any atom is -0.490 e. The molecule has 0 bridgehead atoms. The fourth-order valence-electron chi connectivity index (χ4n) is 2.53. The largest absolute Gasteiger partial charge is 0.490 e. The second kappa shape index (κ2) is 6.01. The smallest absolute Gasteiger partial charge is 0.123 e. The lowest BCUT2D eigenvalue weighted by Gasteiger charge is -2.29. The molecule has 1 aromatic heterocycles. The maximum Gasteiger partial charge on any atom is 0.123 e. The van der Waals surface area contributed by atoms with Gasteiger partial charge in [-0.05, 0) is 31.2 Å². The van der Waals surface area contributed by atoms with E-state index in [4.69, 9.17) is 9.84 Å². The molecule has 0 radical (unpaired) electrons. The average Bonchev–Trinajstić information content (AvgIpc) is 2.39. The summed E-state index contributed by atoms with van der Waals surface area (Å²) >= 11 is 0. The molecule has 3 heteroatoms. The SMILES string of the molecule is CCC1CCCC(Oc2ccnc(CO)c2)C1. The zero-order chi connectivity index (χ0) is 12.1. The molecule has 1 aromatic rings. The van der Waals surface area contributed by atoms with Gasteiger partial charge in [-0.1, -0.05) is 19.8 Å². The summed E-state index contributed by atoms with van der Waals surface area (Å²) in [5.74, 6) is 1.65. The highest BCUT2D eigenvalue weighted by atomic mass is 16.5. The number of aromatic nitrogens is 1. The van der Waals surface area contributed by atoms with Gasteiger partial charge in [0.05, 0.1) is 18.4 Å². The van der Waals surface area contributed by atoms with Crippen LogP contribution in [0.4, 0.5) is 0 Å². The second-order valence-corrected chi connectivity index (χ2v) is 4.82. The Labute approximate surface area is 103 Å². The van der Waals surface area contributed by atoms with Gasteiger partial charge in [0.1, 0.15) is 5.75 Å². The van der Waals surface area contributed by atoms with Crippen LogP contribution in [0.15, 0.2) is 18.3 Å². The predicted molar refractivity (Wildman–Crippen MR) is 66.8 cm³/mol. The topological polar surface area (TPSA) is 42.4 Å². The van der Waals surface area contributed by atoms with Gasteiger partial charge in [0.15, 0.2) is 0 Å². The molecule has 17 heavy (non-hydrogen) atoms. The van der Waals surface area contributed by atoms with Gasteiger partial charge in [-0.15, -0.1) is 0 Å². The van der Waals surface area contributed by atoms with Crippen molar-refractivity contribution in [3.63, 3.8) is 0 Å². The van der Waals surface area contributed by atoms with E-state index in [1.807, 2.05) is 12.1 Å². The van der Waals surface area contributed by atoms with Crippen LogP contribution in [0.3, 0.4) is 0 Å². The van der Waals surface area contributed by atoms with E-state index in [0.717, 1.165) is 24.5 Å². The average molecular weight is 235 g/mol. The first kappa shape index (κ1) is 12.4. The van der Waals surface area contributed by atoms with Crippen LogP contribution in [0.1, 0.15) is 44.7 Å². The first-order chi connectivity index (χ1) is 8.31. The number of hydrogen-bond donors (Lipinski definition) is 1. The summed E-state index contributed by atoms with van der Waals surface area (Å²) in [5.41, 5.74) is 0.672. The fraction of sp³-hybridized carbons (Fsp3) is 0.643. The number of nitrogens with zero attached hydrogens (tertiary/aromatic N) is 1. The van der Waals surface area contributed by atoms with Gasteiger partial charge in [-0.2, -0.15) is 0 Å². The standard InChI is InChI=1S/C14H21NO2/c1-2-11-4-3-5-13(8-11)17-14-6-7-15-12(9-14)10-16/h6-7,9,11,13,16H,2-5,8,10H2,1H3. The molecule has 94 valence electrons. The maximum absolute atomic E-state index is 9.03. The predicted octanol–water partition coefficient (Wildman–Crippen LogP) is 2.92.